The Kier molecular flexibility index (Phi) is 3.89. The van der Waals surface area contributed by atoms with Crippen LogP contribution in [0.1, 0.15) is 11.3 Å². The highest BCUT2D eigenvalue weighted by Crippen LogP contribution is 2.17. The molecule has 0 aliphatic rings. The number of aromatic amines is 1. The zero-order valence-corrected chi connectivity index (χ0v) is 12.6. The number of rotatable bonds is 5. The second-order valence-corrected chi connectivity index (χ2v) is 5.56. The molecule has 2 aromatic heterocycles. The minimum Gasteiger partial charge on any atom is -0.454 e. The lowest BCUT2D eigenvalue weighted by molar-refractivity contribution is 0.464. The van der Waals surface area contributed by atoms with Gasteiger partial charge in [-0.05, 0) is 59.3 Å². The van der Waals surface area contributed by atoms with Gasteiger partial charge in [0.1, 0.15) is 5.76 Å². The Morgan fingerprint density at radius 3 is 2.89 bits per heavy atom. The van der Waals surface area contributed by atoms with Crippen LogP contribution in [0.3, 0.4) is 0 Å². The van der Waals surface area contributed by atoms with Gasteiger partial charge in [-0.3, -0.25) is 0 Å². The molecule has 0 unspecified atom stereocenters. The van der Waals surface area contributed by atoms with E-state index in [0.29, 0.717) is 0 Å². The molecule has 0 spiro atoms. The molecule has 19 heavy (non-hydrogen) atoms. The van der Waals surface area contributed by atoms with Crippen LogP contribution in [0.15, 0.2) is 47.0 Å². The Morgan fingerprint density at radius 2 is 2.05 bits per heavy atom. The van der Waals surface area contributed by atoms with Gasteiger partial charge in [0, 0.05) is 17.1 Å². The minimum atomic E-state index is 0.783. The van der Waals surface area contributed by atoms with Crippen molar-refractivity contribution in [2.75, 3.05) is 6.54 Å². The first kappa shape index (κ1) is 12.7. The van der Waals surface area contributed by atoms with Gasteiger partial charge in [0.25, 0.3) is 0 Å². The van der Waals surface area contributed by atoms with E-state index in [4.69, 9.17) is 4.42 Å². The van der Waals surface area contributed by atoms with Gasteiger partial charge >= 0.3 is 0 Å². The van der Waals surface area contributed by atoms with Crippen molar-refractivity contribution in [1.82, 2.24) is 10.3 Å². The lowest BCUT2D eigenvalue weighted by atomic mass is 10.1. The molecule has 98 valence electrons. The lowest BCUT2D eigenvalue weighted by Gasteiger charge is -2.02. The number of furan rings is 1. The van der Waals surface area contributed by atoms with Crippen molar-refractivity contribution in [3.63, 3.8) is 0 Å². The normalized spacial score (nSPS) is 11.2. The number of hydrogen-bond acceptors (Lipinski definition) is 2. The van der Waals surface area contributed by atoms with Gasteiger partial charge in [0.15, 0.2) is 3.77 Å². The van der Waals surface area contributed by atoms with Crippen LogP contribution in [0.5, 0.6) is 0 Å². The molecule has 3 aromatic rings. The summed E-state index contributed by atoms with van der Waals surface area (Å²) in [7, 11) is 0. The van der Waals surface area contributed by atoms with Gasteiger partial charge in [0.05, 0.1) is 6.54 Å². The van der Waals surface area contributed by atoms with E-state index in [-0.39, 0.29) is 0 Å². The van der Waals surface area contributed by atoms with E-state index in [1.165, 1.54) is 16.5 Å². The van der Waals surface area contributed by atoms with E-state index in [1.807, 2.05) is 12.1 Å². The quantitative estimate of drug-likeness (QED) is 0.534. The van der Waals surface area contributed by atoms with Gasteiger partial charge in [0.2, 0.25) is 0 Å². The third-order valence-electron chi connectivity index (χ3n) is 3.17. The third-order valence-corrected chi connectivity index (χ3v) is 3.75. The molecule has 3 nitrogen and oxygen atoms in total. The van der Waals surface area contributed by atoms with Crippen LogP contribution in [0, 0.1) is 3.77 Å². The predicted molar refractivity (Wildman–Crippen MR) is 85.1 cm³/mol. The predicted octanol–water partition coefficient (Wildman–Crippen LogP) is 3.70. The summed E-state index contributed by atoms with van der Waals surface area (Å²) in [6.07, 6.45) is 3.12. The zero-order valence-electron chi connectivity index (χ0n) is 10.4. The van der Waals surface area contributed by atoms with Crippen LogP contribution >= 0.6 is 22.6 Å². The van der Waals surface area contributed by atoms with E-state index < -0.39 is 0 Å². The van der Waals surface area contributed by atoms with Crippen LogP contribution in [-0.4, -0.2) is 11.5 Å². The summed E-state index contributed by atoms with van der Waals surface area (Å²) in [5, 5.41) is 4.72. The number of nitrogens with one attached hydrogen (secondary N) is 2. The molecule has 2 heterocycles. The van der Waals surface area contributed by atoms with Gasteiger partial charge in [-0.25, -0.2) is 0 Å². The molecule has 2 N–H and O–H groups in total. The molecule has 0 saturated heterocycles. The number of benzene rings is 1. The average molecular weight is 366 g/mol. The molecule has 0 amide bonds. The molecule has 0 saturated carbocycles. The van der Waals surface area contributed by atoms with Crippen LogP contribution in [0.2, 0.25) is 0 Å². The summed E-state index contributed by atoms with van der Waals surface area (Å²) in [6.45, 7) is 1.73. The van der Waals surface area contributed by atoms with E-state index >= 15 is 0 Å². The molecule has 0 aliphatic heterocycles. The summed E-state index contributed by atoms with van der Waals surface area (Å²) < 4.78 is 6.45. The Hall–Kier alpha value is -1.27. The van der Waals surface area contributed by atoms with Crippen LogP contribution in [-0.2, 0) is 13.0 Å². The smallest absolute Gasteiger partial charge is 0.164 e. The summed E-state index contributed by atoms with van der Waals surface area (Å²) >= 11 is 2.18. The number of fused-ring (bicyclic) bond motifs is 1. The molecule has 0 fully saturated rings. The molecular formula is C15H15IN2O. The molecule has 3 rings (SSSR count). The van der Waals surface area contributed by atoms with Crippen molar-refractivity contribution in [2.24, 2.45) is 0 Å². The molecule has 0 aliphatic carbocycles. The first-order chi connectivity index (χ1) is 9.33. The Balaban J connectivity index is 1.55. The SMILES string of the molecule is Ic1ccc(CNCCc2c[nH]c3ccccc23)o1. The molecule has 0 bridgehead atoms. The van der Waals surface area contributed by atoms with Crippen molar-refractivity contribution in [3.05, 3.63) is 57.7 Å². The number of aromatic nitrogens is 1. The first-order valence-corrected chi connectivity index (χ1v) is 7.41. The topological polar surface area (TPSA) is 41.0 Å². The second kappa shape index (κ2) is 5.79. The van der Waals surface area contributed by atoms with Crippen LogP contribution in [0.4, 0.5) is 0 Å². The maximum atomic E-state index is 5.51. The lowest BCUT2D eigenvalue weighted by Crippen LogP contribution is -2.16. The fourth-order valence-electron chi connectivity index (χ4n) is 2.22. The van der Waals surface area contributed by atoms with Crippen molar-refractivity contribution in [1.29, 1.82) is 0 Å². The fraction of sp³-hybridized carbons (Fsp3) is 0.200. The monoisotopic (exact) mass is 366 g/mol. The highest BCUT2D eigenvalue weighted by Gasteiger charge is 2.03. The van der Waals surface area contributed by atoms with E-state index in [0.717, 1.165) is 29.0 Å². The summed E-state index contributed by atoms with van der Waals surface area (Å²) in [6, 6.07) is 12.4. The van der Waals surface area contributed by atoms with Crippen molar-refractivity contribution in [2.45, 2.75) is 13.0 Å². The van der Waals surface area contributed by atoms with Gasteiger partial charge in [-0.2, -0.15) is 0 Å². The van der Waals surface area contributed by atoms with E-state index in [9.17, 15) is 0 Å². The van der Waals surface area contributed by atoms with Gasteiger partial charge in [-0.1, -0.05) is 18.2 Å². The van der Waals surface area contributed by atoms with Crippen LogP contribution < -0.4 is 5.32 Å². The molecule has 0 atom stereocenters. The first-order valence-electron chi connectivity index (χ1n) is 6.33. The standard InChI is InChI=1S/C15H15IN2O/c16-15-6-5-12(19-15)10-17-8-7-11-9-18-14-4-2-1-3-13(11)14/h1-6,9,17-18H,7-8,10H2. The third kappa shape index (κ3) is 3.01. The molecular weight excluding hydrogens is 351 g/mol. The number of halogens is 1. The average Bonchev–Trinajstić information content (AvgIpc) is 3.02. The Morgan fingerprint density at radius 1 is 1.16 bits per heavy atom. The largest absolute Gasteiger partial charge is 0.454 e. The highest BCUT2D eigenvalue weighted by molar-refractivity contribution is 14.1. The van der Waals surface area contributed by atoms with E-state index in [2.05, 4.69) is 63.4 Å². The van der Waals surface area contributed by atoms with Gasteiger partial charge < -0.3 is 14.7 Å². The Labute approximate surface area is 125 Å². The molecule has 4 heteroatoms. The van der Waals surface area contributed by atoms with Crippen molar-refractivity contribution >= 4 is 33.5 Å². The number of hydrogen-bond donors (Lipinski definition) is 2. The Bertz CT molecular complexity index is 671. The number of H-pyrrole nitrogens is 1. The van der Waals surface area contributed by atoms with Crippen LogP contribution in [0.25, 0.3) is 10.9 Å². The fourth-order valence-corrected chi connectivity index (χ4v) is 2.68. The minimum absolute atomic E-state index is 0.783. The van der Waals surface area contributed by atoms with Crippen molar-refractivity contribution < 1.29 is 4.42 Å². The maximum Gasteiger partial charge on any atom is 0.164 e. The highest BCUT2D eigenvalue weighted by atomic mass is 127. The number of para-hydroxylation sites is 1. The van der Waals surface area contributed by atoms with Gasteiger partial charge in [-0.15, -0.1) is 0 Å². The maximum absolute atomic E-state index is 5.51. The second-order valence-electron chi connectivity index (χ2n) is 4.49. The zero-order chi connectivity index (χ0) is 13.1. The molecule has 1 aromatic carbocycles. The van der Waals surface area contributed by atoms with Crippen molar-refractivity contribution in [3.8, 4) is 0 Å². The van der Waals surface area contributed by atoms with E-state index in [1.54, 1.807) is 0 Å². The molecule has 0 radical (unpaired) electrons. The summed E-state index contributed by atoms with van der Waals surface area (Å²) in [5.41, 5.74) is 2.57. The summed E-state index contributed by atoms with van der Waals surface area (Å²) in [5.74, 6) is 0.989. The summed E-state index contributed by atoms with van der Waals surface area (Å²) in [4.78, 5) is 3.30.